The van der Waals surface area contributed by atoms with E-state index in [0.717, 1.165) is 17.4 Å². The van der Waals surface area contributed by atoms with Crippen LogP contribution in [0, 0.1) is 17.1 Å². The number of benzene rings is 1. The molecule has 0 fully saturated rings. The first-order chi connectivity index (χ1) is 9.52. The highest BCUT2D eigenvalue weighted by Crippen LogP contribution is 2.21. The lowest BCUT2D eigenvalue weighted by atomic mass is 10.2. The SMILES string of the molecule is N#Cc1c(F)cccc1NC(=O)c1ccc(C(=O)O)s1. The molecule has 1 heterocycles. The molecule has 7 heteroatoms. The van der Waals surface area contributed by atoms with Crippen LogP contribution in [0.3, 0.4) is 0 Å². The molecule has 0 radical (unpaired) electrons. The second kappa shape index (κ2) is 5.50. The molecule has 1 aromatic carbocycles. The summed E-state index contributed by atoms with van der Waals surface area (Å²) in [5.41, 5.74) is -0.223. The molecule has 0 atom stereocenters. The molecule has 2 aromatic rings. The third-order valence-electron chi connectivity index (χ3n) is 2.41. The van der Waals surface area contributed by atoms with Crippen LogP contribution in [0.25, 0.3) is 0 Å². The molecule has 1 aromatic heterocycles. The van der Waals surface area contributed by atoms with Crippen molar-refractivity contribution in [3.05, 3.63) is 51.5 Å². The van der Waals surface area contributed by atoms with Crippen LogP contribution in [0.5, 0.6) is 0 Å². The van der Waals surface area contributed by atoms with Gasteiger partial charge in [0.05, 0.1) is 10.6 Å². The summed E-state index contributed by atoms with van der Waals surface area (Å²) in [6, 6.07) is 8.19. The fraction of sp³-hybridized carbons (Fsp3) is 0. The molecule has 5 nitrogen and oxygen atoms in total. The van der Waals surface area contributed by atoms with Gasteiger partial charge in [0.25, 0.3) is 5.91 Å². The number of thiophene rings is 1. The zero-order valence-corrected chi connectivity index (χ0v) is 10.7. The predicted molar refractivity (Wildman–Crippen MR) is 70.3 cm³/mol. The largest absolute Gasteiger partial charge is 0.477 e. The highest BCUT2D eigenvalue weighted by atomic mass is 32.1. The number of amides is 1. The molecule has 0 saturated heterocycles. The summed E-state index contributed by atoms with van der Waals surface area (Å²) >= 11 is 0.798. The Labute approximate surface area is 116 Å². The Bertz CT molecular complexity index is 733. The molecule has 0 aliphatic rings. The van der Waals surface area contributed by atoms with Crippen molar-refractivity contribution < 1.29 is 19.1 Å². The van der Waals surface area contributed by atoms with Gasteiger partial charge in [-0.05, 0) is 24.3 Å². The summed E-state index contributed by atoms with van der Waals surface area (Å²) in [7, 11) is 0. The van der Waals surface area contributed by atoms with Gasteiger partial charge in [-0.15, -0.1) is 11.3 Å². The Morgan fingerprint density at radius 2 is 1.95 bits per heavy atom. The van der Waals surface area contributed by atoms with Gasteiger partial charge in [0, 0.05) is 0 Å². The Morgan fingerprint density at radius 3 is 2.55 bits per heavy atom. The monoisotopic (exact) mass is 290 g/mol. The third-order valence-corrected chi connectivity index (χ3v) is 3.49. The number of halogens is 1. The molecule has 2 rings (SSSR count). The number of hydrogen-bond acceptors (Lipinski definition) is 4. The molecular formula is C13H7FN2O3S. The standard InChI is InChI=1S/C13H7FN2O3S/c14-8-2-1-3-9(7(8)6-15)16-12(17)10-4-5-11(20-10)13(18)19/h1-5H,(H,16,17)(H,18,19). The van der Waals surface area contributed by atoms with E-state index >= 15 is 0 Å². The van der Waals surface area contributed by atoms with Crippen LogP contribution in [0.2, 0.25) is 0 Å². The molecule has 0 aliphatic heterocycles. The van der Waals surface area contributed by atoms with E-state index in [1.54, 1.807) is 6.07 Å². The fourth-order valence-electron chi connectivity index (χ4n) is 1.50. The Morgan fingerprint density at radius 1 is 1.25 bits per heavy atom. The molecule has 0 aliphatic carbocycles. The first-order valence-corrected chi connectivity index (χ1v) is 6.17. The number of rotatable bonds is 3. The van der Waals surface area contributed by atoms with E-state index < -0.39 is 17.7 Å². The minimum absolute atomic E-state index is 0.0231. The van der Waals surface area contributed by atoms with Crippen molar-refractivity contribution >= 4 is 28.9 Å². The number of anilines is 1. The summed E-state index contributed by atoms with van der Waals surface area (Å²) in [5.74, 6) is -2.45. The number of hydrogen-bond donors (Lipinski definition) is 2. The minimum atomic E-state index is -1.13. The van der Waals surface area contributed by atoms with Crippen LogP contribution >= 0.6 is 11.3 Å². The van der Waals surface area contributed by atoms with Crippen LogP contribution < -0.4 is 5.32 Å². The van der Waals surface area contributed by atoms with Gasteiger partial charge in [-0.25, -0.2) is 9.18 Å². The van der Waals surface area contributed by atoms with Crippen LogP contribution in [0.15, 0.2) is 30.3 Å². The molecule has 100 valence electrons. The second-order valence-corrected chi connectivity index (χ2v) is 4.78. The molecule has 1 amide bonds. The third kappa shape index (κ3) is 2.65. The van der Waals surface area contributed by atoms with E-state index in [0.29, 0.717) is 0 Å². The van der Waals surface area contributed by atoms with Crippen molar-refractivity contribution in [2.24, 2.45) is 0 Å². The van der Waals surface area contributed by atoms with Crippen LogP contribution in [0.1, 0.15) is 24.9 Å². The van der Waals surface area contributed by atoms with Crippen molar-refractivity contribution in [3.8, 4) is 6.07 Å². The summed E-state index contributed by atoms with van der Waals surface area (Å²) in [5, 5.41) is 20.0. The van der Waals surface area contributed by atoms with Gasteiger partial charge in [0.2, 0.25) is 0 Å². The van der Waals surface area contributed by atoms with Gasteiger partial charge in [0.1, 0.15) is 22.3 Å². The average Bonchev–Trinajstić information content (AvgIpc) is 2.89. The van der Waals surface area contributed by atoms with Gasteiger partial charge in [-0.2, -0.15) is 5.26 Å². The van der Waals surface area contributed by atoms with E-state index in [9.17, 15) is 14.0 Å². The van der Waals surface area contributed by atoms with E-state index in [1.807, 2.05) is 0 Å². The first-order valence-electron chi connectivity index (χ1n) is 5.36. The first kappa shape index (κ1) is 13.7. The molecular weight excluding hydrogens is 283 g/mol. The van der Waals surface area contributed by atoms with Gasteiger partial charge in [-0.3, -0.25) is 4.79 Å². The van der Waals surface area contributed by atoms with Crippen molar-refractivity contribution in [1.29, 1.82) is 5.26 Å². The zero-order valence-electron chi connectivity index (χ0n) is 9.88. The summed E-state index contributed by atoms with van der Waals surface area (Å²) < 4.78 is 13.4. The van der Waals surface area contributed by atoms with Crippen molar-refractivity contribution in [2.75, 3.05) is 5.32 Å². The highest BCUT2D eigenvalue weighted by Gasteiger charge is 2.15. The van der Waals surface area contributed by atoms with Crippen LogP contribution in [-0.4, -0.2) is 17.0 Å². The number of nitrogens with zero attached hydrogens (tertiary/aromatic N) is 1. The predicted octanol–water partition coefficient (Wildman–Crippen LogP) is 2.71. The Hall–Kier alpha value is -2.72. The van der Waals surface area contributed by atoms with E-state index in [2.05, 4.69) is 5.32 Å². The minimum Gasteiger partial charge on any atom is -0.477 e. The molecule has 0 saturated carbocycles. The number of carboxylic acids is 1. The van der Waals surface area contributed by atoms with E-state index in [-0.39, 0.29) is 21.0 Å². The maximum absolute atomic E-state index is 13.4. The maximum atomic E-state index is 13.4. The van der Waals surface area contributed by atoms with Gasteiger partial charge in [-0.1, -0.05) is 6.07 Å². The van der Waals surface area contributed by atoms with Crippen LogP contribution in [-0.2, 0) is 0 Å². The molecule has 2 N–H and O–H groups in total. The number of nitrogens with one attached hydrogen (secondary N) is 1. The lowest BCUT2D eigenvalue weighted by Crippen LogP contribution is -2.11. The number of nitriles is 1. The number of aromatic carboxylic acids is 1. The summed E-state index contributed by atoms with van der Waals surface area (Å²) in [6.45, 7) is 0. The molecule has 0 bridgehead atoms. The Balaban J connectivity index is 2.26. The molecule has 20 heavy (non-hydrogen) atoms. The van der Waals surface area contributed by atoms with E-state index in [4.69, 9.17) is 10.4 Å². The quantitative estimate of drug-likeness (QED) is 0.909. The van der Waals surface area contributed by atoms with E-state index in [1.165, 1.54) is 24.3 Å². The maximum Gasteiger partial charge on any atom is 0.345 e. The van der Waals surface area contributed by atoms with Gasteiger partial charge < -0.3 is 10.4 Å². The summed E-state index contributed by atoms with van der Waals surface area (Å²) in [4.78, 5) is 22.8. The normalized spacial score (nSPS) is 9.80. The Kier molecular flexibility index (Phi) is 3.77. The second-order valence-electron chi connectivity index (χ2n) is 3.70. The number of carboxylic acid groups (broad SMARTS) is 1. The molecule has 0 unspecified atom stereocenters. The topological polar surface area (TPSA) is 90.2 Å². The van der Waals surface area contributed by atoms with Crippen molar-refractivity contribution in [3.63, 3.8) is 0 Å². The number of carbonyl (C=O) groups is 2. The smallest absolute Gasteiger partial charge is 0.345 e. The fourth-order valence-corrected chi connectivity index (χ4v) is 2.24. The average molecular weight is 290 g/mol. The lowest BCUT2D eigenvalue weighted by Gasteiger charge is -2.05. The number of carbonyl (C=O) groups excluding carboxylic acids is 1. The van der Waals surface area contributed by atoms with Crippen molar-refractivity contribution in [2.45, 2.75) is 0 Å². The highest BCUT2D eigenvalue weighted by molar-refractivity contribution is 7.15. The summed E-state index contributed by atoms with van der Waals surface area (Å²) in [6.07, 6.45) is 0. The lowest BCUT2D eigenvalue weighted by molar-refractivity contribution is 0.0702. The molecule has 0 spiro atoms. The van der Waals surface area contributed by atoms with Crippen LogP contribution in [0.4, 0.5) is 10.1 Å². The van der Waals surface area contributed by atoms with Gasteiger partial charge in [0.15, 0.2) is 0 Å². The zero-order chi connectivity index (χ0) is 14.7. The van der Waals surface area contributed by atoms with Gasteiger partial charge >= 0.3 is 5.97 Å². The van der Waals surface area contributed by atoms with Crippen molar-refractivity contribution in [1.82, 2.24) is 0 Å².